The van der Waals surface area contributed by atoms with Crippen LogP contribution >= 0.6 is 0 Å². The quantitative estimate of drug-likeness (QED) is 0.899. The normalized spacial score (nSPS) is 24.1. The van der Waals surface area contributed by atoms with Gasteiger partial charge in [0.1, 0.15) is 11.5 Å². The SMILES string of the molecule is COc1ccc(NC(=O)CN2CCCC3CCCCC32)c(OC)c1. The van der Waals surface area contributed by atoms with Gasteiger partial charge in [-0.3, -0.25) is 9.69 Å². The molecule has 132 valence electrons. The van der Waals surface area contributed by atoms with Gasteiger partial charge in [0.25, 0.3) is 0 Å². The number of methoxy groups -OCH3 is 2. The van der Waals surface area contributed by atoms with Crippen LogP contribution in [0.2, 0.25) is 0 Å². The number of nitrogens with one attached hydrogen (secondary N) is 1. The molecule has 1 heterocycles. The minimum absolute atomic E-state index is 0.0321. The van der Waals surface area contributed by atoms with Gasteiger partial charge in [-0.15, -0.1) is 0 Å². The lowest BCUT2D eigenvalue weighted by Crippen LogP contribution is -2.49. The first-order chi connectivity index (χ1) is 11.7. The van der Waals surface area contributed by atoms with E-state index < -0.39 is 0 Å². The van der Waals surface area contributed by atoms with Gasteiger partial charge in [-0.05, 0) is 50.3 Å². The maximum absolute atomic E-state index is 12.5. The number of carbonyl (C=O) groups excluding carboxylic acids is 1. The Morgan fingerprint density at radius 1 is 1.17 bits per heavy atom. The third-order valence-electron chi connectivity index (χ3n) is 5.39. The van der Waals surface area contributed by atoms with Gasteiger partial charge in [0, 0.05) is 12.1 Å². The molecule has 2 fully saturated rings. The molecule has 1 aromatic rings. The topological polar surface area (TPSA) is 50.8 Å². The molecular formula is C19H28N2O3. The molecule has 1 aromatic carbocycles. The van der Waals surface area contributed by atoms with E-state index in [2.05, 4.69) is 10.2 Å². The highest BCUT2D eigenvalue weighted by atomic mass is 16.5. The molecule has 1 saturated carbocycles. The van der Waals surface area contributed by atoms with Crippen molar-refractivity contribution in [1.82, 2.24) is 4.90 Å². The molecule has 1 aliphatic heterocycles. The first-order valence-electron chi connectivity index (χ1n) is 8.97. The fourth-order valence-corrected chi connectivity index (χ4v) is 4.20. The summed E-state index contributed by atoms with van der Waals surface area (Å²) in [5.41, 5.74) is 0.695. The van der Waals surface area contributed by atoms with Crippen LogP contribution in [-0.4, -0.2) is 44.2 Å². The van der Waals surface area contributed by atoms with Crippen molar-refractivity contribution in [2.45, 2.75) is 44.6 Å². The van der Waals surface area contributed by atoms with Crippen LogP contribution in [0, 0.1) is 5.92 Å². The predicted molar refractivity (Wildman–Crippen MR) is 94.7 cm³/mol. The highest BCUT2D eigenvalue weighted by molar-refractivity contribution is 5.93. The number of amides is 1. The second kappa shape index (κ2) is 7.88. The largest absolute Gasteiger partial charge is 0.497 e. The van der Waals surface area contributed by atoms with Crippen molar-refractivity contribution in [2.24, 2.45) is 5.92 Å². The lowest BCUT2D eigenvalue weighted by Gasteiger charge is -2.43. The number of carbonyl (C=O) groups is 1. The molecule has 0 aromatic heterocycles. The number of ether oxygens (including phenoxy) is 2. The van der Waals surface area contributed by atoms with Gasteiger partial charge < -0.3 is 14.8 Å². The van der Waals surface area contributed by atoms with Crippen LogP contribution in [0.15, 0.2) is 18.2 Å². The number of hydrogen-bond acceptors (Lipinski definition) is 4. The summed E-state index contributed by atoms with van der Waals surface area (Å²) in [6.07, 6.45) is 7.75. The zero-order valence-corrected chi connectivity index (χ0v) is 14.7. The van der Waals surface area contributed by atoms with E-state index in [1.54, 1.807) is 20.3 Å². The molecule has 5 heteroatoms. The molecule has 1 amide bonds. The van der Waals surface area contributed by atoms with Crippen molar-refractivity contribution >= 4 is 11.6 Å². The van der Waals surface area contributed by atoms with E-state index in [-0.39, 0.29) is 5.91 Å². The standard InChI is InChI=1S/C19H28N2O3/c1-23-15-9-10-16(18(12-15)24-2)20-19(22)13-21-11-5-7-14-6-3-4-8-17(14)21/h9-10,12,14,17H,3-8,11,13H2,1-2H3,(H,20,22). The summed E-state index contributed by atoms with van der Waals surface area (Å²) >= 11 is 0. The second-order valence-electron chi connectivity index (χ2n) is 6.84. The third kappa shape index (κ3) is 3.83. The molecule has 0 spiro atoms. The van der Waals surface area contributed by atoms with Crippen molar-refractivity contribution in [2.75, 3.05) is 32.6 Å². The summed E-state index contributed by atoms with van der Waals surface area (Å²) in [6, 6.07) is 6.04. The zero-order chi connectivity index (χ0) is 16.9. The highest BCUT2D eigenvalue weighted by Gasteiger charge is 2.33. The fraction of sp³-hybridized carbons (Fsp3) is 0.632. The van der Waals surface area contributed by atoms with Gasteiger partial charge in [0.2, 0.25) is 5.91 Å². The van der Waals surface area contributed by atoms with E-state index in [1.165, 1.54) is 38.5 Å². The van der Waals surface area contributed by atoms with Gasteiger partial charge in [0.05, 0.1) is 26.5 Å². The van der Waals surface area contributed by atoms with Crippen molar-refractivity contribution in [3.8, 4) is 11.5 Å². The van der Waals surface area contributed by atoms with E-state index in [1.807, 2.05) is 12.1 Å². The zero-order valence-electron chi connectivity index (χ0n) is 14.7. The molecule has 5 nitrogen and oxygen atoms in total. The number of benzene rings is 1. The molecule has 0 bridgehead atoms. The first-order valence-corrected chi connectivity index (χ1v) is 8.97. The summed E-state index contributed by atoms with van der Waals surface area (Å²) in [5, 5.41) is 2.99. The number of anilines is 1. The van der Waals surface area contributed by atoms with E-state index in [9.17, 15) is 4.79 Å². The maximum atomic E-state index is 12.5. The maximum Gasteiger partial charge on any atom is 0.238 e. The molecule has 0 radical (unpaired) electrons. The van der Waals surface area contributed by atoms with Crippen LogP contribution < -0.4 is 14.8 Å². The summed E-state index contributed by atoms with van der Waals surface area (Å²) in [4.78, 5) is 14.9. The van der Waals surface area contributed by atoms with E-state index >= 15 is 0 Å². The lowest BCUT2D eigenvalue weighted by atomic mass is 9.78. The van der Waals surface area contributed by atoms with Crippen molar-refractivity contribution in [1.29, 1.82) is 0 Å². The highest BCUT2D eigenvalue weighted by Crippen LogP contribution is 2.35. The predicted octanol–water partition coefficient (Wildman–Crippen LogP) is 3.30. The summed E-state index contributed by atoms with van der Waals surface area (Å²) in [7, 11) is 3.21. The van der Waals surface area contributed by atoms with Crippen LogP contribution in [0.4, 0.5) is 5.69 Å². The van der Waals surface area contributed by atoms with Crippen molar-refractivity contribution < 1.29 is 14.3 Å². The smallest absolute Gasteiger partial charge is 0.238 e. The van der Waals surface area contributed by atoms with E-state index in [0.717, 1.165) is 12.5 Å². The molecule has 2 aliphatic rings. The van der Waals surface area contributed by atoms with Gasteiger partial charge in [-0.1, -0.05) is 12.8 Å². The Bertz CT molecular complexity index is 574. The molecule has 2 atom stereocenters. The Balaban J connectivity index is 1.63. The van der Waals surface area contributed by atoms with Crippen LogP contribution in [-0.2, 0) is 4.79 Å². The average Bonchev–Trinajstić information content (AvgIpc) is 2.62. The second-order valence-corrected chi connectivity index (χ2v) is 6.84. The molecule has 1 N–H and O–H groups in total. The van der Waals surface area contributed by atoms with Crippen molar-refractivity contribution in [3.05, 3.63) is 18.2 Å². The number of fused-ring (bicyclic) bond motifs is 1. The van der Waals surface area contributed by atoms with Gasteiger partial charge in [-0.25, -0.2) is 0 Å². The number of piperidine rings is 1. The van der Waals surface area contributed by atoms with Crippen LogP contribution in [0.3, 0.4) is 0 Å². The van der Waals surface area contributed by atoms with Crippen molar-refractivity contribution in [3.63, 3.8) is 0 Å². The summed E-state index contributed by atoms with van der Waals surface area (Å²) in [5.74, 6) is 2.16. The molecule has 1 saturated heterocycles. The third-order valence-corrected chi connectivity index (χ3v) is 5.39. The Morgan fingerprint density at radius 3 is 2.75 bits per heavy atom. The molecule has 2 unspecified atom stereocenters. The molecule has 1 aliphatic carbocycles. The fourth-order valence-electron chi connectivity index (χ4n) is 4.20. The van der Waals surface area contributed by atoms with E-state index in [0.29, 0.717) is 29.8 Å². The Labute approximate surface area is 144 Å². The lowest BCUT2D eigenvalue weighted by molar-refractivity contribution is -0.118. The molecular weight excluding hydrogens is 304 g/mol. The Hall–Kier alpha value is -1.75. The van der Waals surface area contributed by atoms with Gasteiger partial charge in [-0.2, -0.15) is 0 Å². The Morgan fingerprint density at radius 2 is 1.96 bits per heavy atom. The van der Waals surface area contributed by atoms with E-state index in [4.69, 9.17) is 9.47 Å². The first kappa shape index (κ1) is 17.1. The average molecular weight is 332 g/mol. The number of likely N-dealkylation sites (tertiary alicyclic amines) is 1. The molecule has 3 rings (SSSR count). The monoisotopic (exact) mass is 332 g/mol. The summed E-state index contributed by atoms with van der Waals surface area (Å²) in [6.45, 7) is 1.50. The Kier molecular flexibility index (Phi) is 5.61. The number of rotatable bonds is 5. The van der Waals surface area contributed by atoms with Crippen LogP contribution in [0.1, 0.15) is 38.5 Å². The minimum atomic E-state index is 0.0321. The van der Waals surface area contributed by atoms with Gasteiger partial charge >= 0.3 is 0 Å². The van der Waals surface area contributed by atoms with Gasteiger partial charge in [0.15, 0.2) is 0 Å². The number of nitrogens with zero attached hydrogens (tertiary/aromatic N) is 1. The minimum Gasteiger partial charge on any atom is -0.497 e. The number of hydrogen-bond donors (Lipinski definition) is 1. The summed E-state index contributed by atoms with van der Waals surface area (Å²) < 4.78 is 10.6. The van der Waals surface area contributed by atoms with Crippen LogP contribution in [0.5, 0.6) is 11.5 Å². The molecule has 24 heavy (non-hydrogen) atoms. The van der Waals surface area contributed by atoms with Crippen LogP contribution in [0.25, 0.3) is 0 Å².